The van der Waals surface area contributed by atoms with Crippen molar-refractivity contribution in [3.05, 3.63) is 70.2 Å². The van der Waals surface area contributed by atoms with E-state index in [2.05, 4.69) is 47.4 Å². The molecule has 4 rings (SSSR count). The summed E-state index contributed by atoms with van der Waals surface area (Å²) in [7, 11) is 0. The van der Waals surface area contributed by atoms with Gasteiger partial charge in [-0.3, -0.25) is 4.90 Å². The van der Waals surface area contributed by atoms with Crippen molar-refractivity contribution in [1.29, 1.82) is 0 Å². The number of nitrogens with zero attached hydrogens (tertiary/aromatic N) is 1. The van der Waals surface area contributed by atoms with Crippen molar-refractivity contribution < 1.29 is 0 Å². The highest BCUT2D eigenvalue weighted by atomic mass is 35.5. The molecule has 1 aliphatic carbocycles. The van der Waals surface area contributed by atoms with E-state index in [4.69, 9.17) is 17.3 Å². The molecule has 1 heterocycles. The number of nitrogens with two attached hydrogens (primary N) is 1. The van der Waals surface area contributed by atoms with Crippen molar-refractivity contribution in [2.45, 2.75) is 50.1 Å². The molecule has 1 fully saturated rings. The van der Waals surface area contributed by atoms with Crippen LogP contribution >= 0.6 is 11.6 Å². The SMILES string of the molecule is NCC1(c2cccc(Cl)c2)CCC(N2CCc3ccccc3C2)CC1. The van der Waals surface area contributed by atoms with Gasteiger partial charge < -0.3 is 5.73 Å². The van der Waals surface area contributed by atoms with Crippen LogP contribution in [-0.2, 0) is 18.4 Å². The normalized spacial score (nSPS) is 27.0. The number of fused-ring (bicyclic) bond motifs is 1. The quantitative estimate of drug-likeness (QED) is 0.876. The van der Waals surface area contributed by atoms with Crippen LogP contribution < -0.4 is 5.73 Å². The lowest BCUT2D eigenvalue weighted by atomic mass is 9.68. The second-order valence-corrected chi connectivity index (χ2v) is 8.15. The molecule has 0 bridgehead atoms. The molecule has 3 heteroatoms. The summed E-state index contributed by atoms with van der Waals surface area (Å²) in [6.07, 6.45) is 5.96. The summed E-state index contributed by atoms with van der Waals surface area (Å²) in [5, 5.41) is 0.820. The van der Waals surface area contributed by atoms with Crippen molar-refractivity contribution in [2.24, 2.45) is 5.73 Å². The van der Waals surface area contributed by atoms with E-state index in [-0.39, 0.29) is 5.41 Å². The number of rotatable bonds is 3. The molecule has 2 N–H and O–H groups in total. The van der Waals surface area contributed by atoms with Gasteiger partial charge in [0.15, 0.2) is 0 Å². The molecule has 1 aliphatic heterocycles. The fourth-order valence-electron chi connectivity index (χ4n) is 4.78. The van der Waals surface area contributed by atoms with E-state index in [1.54, 1.807) is 0 Å². The highest BCUT2D eigenvalue weighted by molar-refractivity contribution is 6.30. The summed E-state index contributed by atoms with van der Waals surface area (Å²) in [6.45, 7) is 3.00. The van der Waals surface area contributed by atoms with Gasteiger partial charge in [-0.2, -0.15) is 0 Å². The van der Waals surface area contributed by atoms with Gasteiger partial charge in [0, 0.05) is 36.1 Å². The molecule has 0 saturated heterocycles. The minimum Gasteiger partial charge on any atom is -0.330 e. The Hall–Kier alpha value is -1.35. The monoisotopic (exact) mass is 354 g/mol. The first-order chi connectivity index (χ1) is 12.2. The molecule has 2 aromatic carbocycles. The molecule has 2 aromatic rings. The number of hydrogen-bond donors (Lipinski definition) is 1. The van der Waals surface area contributed by atoms with Crippen molar-refractivity contribution in [1.82, 2.24) is 4.90 Å². The van der Waals surface area contributed by atoms with Gasteiger partial charge in [0.25, 0.3) is 0 Å². The first-order valence-electron chi connectivity index (χ1n) is 9.47. The zero-order valence-electron chi connectivity index (χ0n) is 14.8. The smallest absolute Gasteiger partial charge is 0.0408 e. The van der Waals surface area contributed by atoms with E-state index in [0.29, 0.717) is 12.6 Å². The first kappa shape index (κ1) is 17.1. The van der Waals surface area contributed by atoms with Gasteiger partial charge in [-0.25, -0.2) is 0 Å². The lowest BCUT2D eigenvalue weighted by molar-refractivity contribution is 0.113. The van der Waals surface area contributed by atoms with Crippen LogP contribution in [-0.4, -0.2) is 24.0 Å². The Bertz CT molecular complexity index is 734. The van der Waals surface area contributed by atoms with E-state index in [1.807, 2.05) is 6.07 Å². The van der Waals surface area contributed by atoms with Gasteiger partial charge in [-0.15, -0.1) is 0 Å². The Kier molecular flexibility index (Phi) is 4.86. The van der Waals surface area contributed by atoms with Crippen LogP contribution in [0.3, 0.4) is 0 Å². The molecule has 2 aliphatic rings. The van der Waals surface area contributed by atoms with Gasteiger partial charge in [0.1, 0.15) is 0 Å². The zero-order chi connectivity index (χ0) is 17.3. The Morgan fingerprint density at radius 1 is 1.04 bits per heavy atom. The Labute approximate surface area is 156 Å². The topological polar surface area (TPSA) is 29.3 Å². The Morgan fingerprint density at radius 3 is 2.52 bits per heavy atom. The summed E-state index contributed by atoms with van der Waals surface area (Å²) >= 11 is 6.23. The third-order valence-electron chi connectivity index (χ3n) is 6.42. The summed E-state index contributed by atoms with van der Waals surface area (Å²) in [5.41, 5.74) is 10.7. The van der Waals surface area contributed by atoms with Crippen molar-refractivity contribution in [3.63, 3.8) is 0 Å². The molecular formula is C22H27ClN2. The summed E-state index contributed by atoms with van der Waals surface area (Å²) in [5.74, 6) is 0. The molecule has 0 aromatic heterocycles. The molecule has 132 valence electrons. The van der Waals surface area contributed by atoms with Gasteiger partial charge in [0.05, 0.1) is 0 Å². The maximum absolute atomic E-state index is 6.25. The van der Waals surface area contributed by atoms with Gasteiger partial charge in [-0.1, -0.05) is 48.0 Å². The van der Waals surface area contributed by atoms with Crippen LogP contribution in [0.2, 0.25) is 5.02 Å². The maximum atomic E-state index is 6.25. The predicted molar refractivity (Wildman–Crippen MR) is 105 cm³/mol. The average Bonchev–Trinajstić information content (AvgIpc) is 2.68. The van der Waals surface area contributed by atoms with E-state index < -0.39 is 0 Å². The van der Waals surface area contributed by atoms with Crippen molar-refractivity contribution in [3.8, 4) is 0 Å². The van der Waals surface area contributed by atoms with Gasteiger partial charge >= 0.3 is 0 Å². The fourth-order valence-corrected chi connectivity index (χ4v) is 4.97. The van der Waals surface area contributed by atoms with Crippen LogP contribution in [0.5, 0.6) is 0 Å². The molecule has 2 nitrogen and oxygen atoms in total. The largest absolute Gasteiger partial charge is 0.330 e. The number of hydrogen-bond acceptors (Lipinski definition) is 2. The van der Waals surface area contributed by atoms with E-state index >= 15 is 0 Å². The average molecular weight is 355 g/mol. The minimum atomic E-state index is 0.106. The third kappa shape index (κ3) is 3.36. The van der Waals surface area contributed by atoms with Gasteiger partial charge in [0.2, 0.25) is 0 Å². The molecular weight excluding hydrogens is 328 g/mol. The minimum absolute atomic E-state index is 0.106. The molecule has 0 radical (unpaired) electrons. The lowest BCUT2D eigenvalue weighted by Gasteiger charge is -2.44. The van der Waals surface area contributed by atoms with Crippen LogP contribution in [0.25, 0.3) is 0 Å². The fraction of sp³-hybridized carbons (Fsp3) is 0.455. The highest BCUT2D eigenvalue weighted by Gasteiger charge is 2.38. The summed E-state index contributed by atoms with van der Waals surface area (Å²) in [6, 6.07) is 17.9. The molecule has 0 spiro atoms. The zero-order valence-corrected chi connectivity index (χ0v) is 15.5. The molecule has 25 heavy (non-hydrogen) atoms. The van der Waals surface area contributed by atoms with E-state index in [1.165, 1.54) is 42.5 Å². The Morgan fingerprint density at radius 2 is 1.80 bits per heavy atom. The third-order valence-corrected chi connectivity index (χ3v) is 6.65. The van der Waals surface area contributed by atoms with E-state index in [0.717, 1.165) is 24.4 Å². The van der Waals surface area contributed by atoms with Crippen LogP contribution in [0.15, 0.2) is 48.5 Å². The number of benzene rings is 2. The van der Waals surface area contributed by atoms with Crippen LogP contribution in [0, 0.1) is 0 Å². The van der Waals surface area contributed by atoms with Crippen molar-refractivity contribution in [2.75, 3.05) is 13.1 Å². The molecule has 1 saturated carbocycles. The van der Waals surface area contributed by atoms with Crippen molar-refractivity contribution >= 4 is 11.6 Å². The van der Waals surface area contributed by atoms with Crippen LogP contribution in [0.4, 0.5) is 0 Å². The standard InChI is InChI=1S/C22H27ClN2/c23-20-7-3-6-19(14-20)22(16-24)11-8-21(9-12-22)25-13-10-17-4-1-2-5-18(17)15-25/h1-7,14,21H,8-13,15-16,24H2. The van der Waals surface area contributed by atoms with Gasteiger partial charge in [-0.05, 0) is 60.9 Å². The first-order valence-corrected chi connectivity index (χ1v) is 9.85. The van der Waals surface area contributed by atoms with E-state index in [9.17, 15) is 0 Å². The van der Waals surface area contributed by atoms with Crippen LogP contribution in [0.1, 0.15) is 42.4 Å². The molecule has 0 atom stereocenters. The summed E-state index contributed by atoms with van der Waals surface area (Å²) < 4.78 is 0. The second kappa shape index (κ2) is 7.11. The highest BCUT2D eigenvalue weighted by Crippen LogP contribution is 2.41. The number of halogens is 1. The predicted octanol–water partition coefficient (Wildman–Crippen LogP) is 4.54. The maximum Gasteiger partial charge on any atom is 0.0408 e. The molecule has 0 unspecified atom stereocenters. The summed E-state index contributed by atoms with van der Waals surface area (Å²) in [4.78, 5) is 2.70. The second-order valence-electron chi connectivity index (χ2n) is 7.72. The molecule has 0 amide bonds. The Balaban J connectivity index is 1.46. The lowest BCUT2D eigenvalue weighted by Crippen LogP contribution is -2.46.